The van der Waals surface area contributed by atoms with Gasteiger partial charge in [0.1, 0.15) is 5.82 Å². The van der Waals surface area contributed by atoms with Crippen molar-refractivity contribution in [3.63, 3.8) is 0 Å². The van der Waals surface area contributed by atoms with E-state index in [1.807, 2.05) is 21.6 Å². The van der Waals surface area contributed by atoms with Crippen LogP contribution < -0.4 is 0 Å². The Morgan fingerprint density at radius 3 is 2.92 bits per heavy atom. The summed E-state index contributed by atoms with van der Waals surface area (Å²) in [5, 5.41) is 8.43. The summed E-state index contributed by atoms with van der Waals surface area (Å²) < 4.78 is 7.74. The zero-order valence-electron chi connectivity index (χ0n) is 14.3. The van der Waals surface area contributed by atoms with Gasteiger partial charge in [-0.15, -0.1) is 10.2 Å². The summed E-state index contributed by atoms with van der Waals surface area (Å²) in [6.07, 6.45) is 8.75. The average molecular weight is 341 g/mol. The molecule has 0 bridgehead atoms. The van der Waals surface area contributed by atoms with E-state index in [1.165, 1.54) is 0 Å². The Kier molecular flexibility index (Phi) is 4.74. The normalized spacial score (nSPS) is 19.6. The lowest BCUT2D eigenvalue weighted by molar-refractivity contribution is 0.0493. The molecule has 0 aliphatic carbocycles. The Balaban J connectivity index is 1.57. The van der Waals surface area contributed by atoms with Crippen molar-refractivity contribution in [3.05, 3.63) is 41.7 Å². The predicted molar refractivity (Wildman–Crippen MR) is 90.9 cm³/mol. The summed E-state index contributed by atoms with van der Waals surface area (Å²) in [7, 11) is 0. The van der Waals surface area contributed by atoms with Crippen LogP contribution in [0.25, 0.3) is 0 Å². The van der Waals surface area contributed by atoms with Crippen molar-refractivity contribution in [1.29, 1.82) is 0 Å². The van der Waals surface area contributed by atoms with Gasteiger partial charge in [0.2, 0.25) is 5.82 Å². The molecule has 7 nitrogen and oxygen atoms in total. The van der Waals surface area contributed by atoms with Crippen molar-refractivity contribution < 1.29 is 9.53 Å². The van der Waals surface area contributed by atoms with E-state index in [0.29, 0.717) is 18.9 Å². The number of amides is 1. The standard InChI is InChI=1S/C18H23N5O2/c24-18(17-21-20-16-5-1-2-10-23(16)17)22(13-15-4-3-11-25-15)12-14-6-8-19-9-7-14/h6-9,15H,1-5,10-13H2. The van der Waals surface area contributed by atoms with E-state index in [1.54, 1.807) is 12.4 Å². The van der Waals surface area contributed by atoms with E-state index in [0.717, 1.165) is 56.6 Å². The summed E-state index contributed by atoms with van der Waals surface area (Å²) in [6, 6.07) is 3.88. The molecule has 1 atom stereocenters. The molecule has 1 unspecified atom stereocenters. The second-order valence-corrected chi connectivity index (χ2v) is 6.72. The molecule has 1 saturated heterocycles. The van der Waals surface area contributed by atoms with Gasteiger partial charge in [-0.25, -0.2) is 0 Å². The number of fused-ring (bicyclic) bond motifs is 1. The minimum absolute atomic E-state index is 0.0621. The third kappa shape index (κ3) is 3.56. The highest BCUT2D eigenvalue weighted by molar-refractivity contribution is 5.90. The number of aromatic nitrogens is 4. The Labute approximate surface area is 147 Å². The molecule has 0 spiro atoms. The van der Waals surface area contributed by atoms with Gasteiger partial charge in [0.25, 0.3) is 5.91 Å². The molecule has 4 heterocycles. The van der Waals surface area contributed by atoms with E-state index in [9.17, 15) is 4.79 Å². The fourth-order valence-electron chi connectivity index (χ4n) is 3.57. The lowest BCUT2D eigenvalue weighted by atomic mass is 10.1. The van der Waals surface area contributed by atoms with Crippen LogP contribution in [0.5, 0.6) is 0 Å². The highest BCUT2D eigenvalue weighted by Gasteiger charge is 2.28. The van der Waals surface area contributed by atoms with Gasteiger partial charge in [-0.1, -0.05) is 0 Å². The number of hydrogen-bond acceptors (Lipinski definition) is 5. The Morgan fingerprint density at radius 1 is 1.24 bits per heavy atom. The van der Waals surface area contributed by atoms with Crippen LogP contribution in [0.3, 0.4) is 0 Å². The van der Waals surface area contributed by atoms with Crippen LogP contribution in [-0.4, -0.2) is 49.8 Å². The first kappa shape index (κ1) is 16.2. The summed E-state index contributed by atoms with van der Waals surface area (Å²) in [5.41, 5.74) is 1.06. The van der Waals surface area contributed by atoms with E-state index >= 15 is 0 Å². The van der Waals surface area contributed by atoms with Crippen molar-refractivity contribution in [3.8, 4) is 0 Å². The lowest BCUT2D eigenvalue weighted by Gasteiger charge is -2.26. The highest BCUT2D eigenvalue weighted by Crippen LogP contribution is 2.19. The summed E-state index contributed by atoms with van der Waals surface area (Å²) in [5.74, 6) is 1.32. The minimum Gasteiger partial charge on any atom is -0.376 e. The molecule has 2 aromatic heterocycles. The molecule has 1 fully saturated rings. The lowest BCUT2D eigenvalue weighted by Crippen LogP contribution is -2.38. The molecule has 25 heavy (non-hydrogen) atoms. The Morgan fingerprint density at radius 2 is 2.12 bits per heavy atom. The SMILES string of the molecule is O=C(c1nnc2n1CCCC2)N(Cc1ccncc1)CC1CCCO1. The number of rotatable bonds is 5. The van der Waals surface area contributed by atoms with Gasteiger partial charge in [-0.2, -0.15) is 0 Å². The maximum Gasteiger partial charge on any atom is 0.292 e. The quantitative estimate of drug-likeness (QED) is 0.829. The fourth-order valence-corrected chi connectivity index (χ4v) is 3.57. The van der Waals surface area contributed by atoms with Gasteiger partial charge in [-0.05, 0) is 43.4 Å². The van der Waals surface area contributed by atoms with Crippen LogP contribution >= 0.6 is 0 Å². The van der Waals surface area contributed by atoms with Crippen molar-refractivity contribution in [2.75, 3.05) is 13.2 Å². The van der Waals surface area contributed by atoms with Gasteiger partial charge in [0.05, 0.1) is 6.10 Å². The zero-order valence-corrected chi connectivity index (χ0v) is 14.3. The number of nitrogens with zero attached hydrogens (tertiary/aromatic N) is 5. The highest BCUT2D eigenvalue weighted by atomic mass is 16.5. The first-order valence-corrected chi connectivity index (χ1v) is 9.03. The molecule has 2 aliphatic heterocycles. The summed E-state index contributed by atoms with van der Waals surface area (Å²) in [6.45, 7) is 2.72. The van der Waals surface area contributed by atoms with Crippen molar-refractivity contribution in [1.82, 2.24) is 24.6 Å². The first-order chi connectivity index (χ1) is 12.3. The van der Waals surface area contributed by atoms with Gasteiger partial charge in [-0.3, -0.25) is 9.78 Å². The smallest absolute Gasteiger partial charge is 0.292 e. The third-order valence-electron chi connectivity index (χ3n) is 4.91. The molecule has 0 aromatic carbocycles. The molecule has 4 rings (SSSR count). The van der Waals surface area contributed by atoms with E-state index in [4.69, 9.17) is 4.74 Å². The number of carbonyl (C=O) groups is 1. The number of aryl methyl sites for hydroxylation is 1. The van der Waals surface area contributed by atoms with Crippen LogP contribution in [0, 0.1) is 0 Å². The second-order valence-electron chi connectivity index (χ2n) is 6.72. The van der Waals surface area contributed by atoms with Crippen molar-refractivity contribution in [2.24, 2.45) is 0 Å². The zero-order chi connectivity index (χ0) is 17.1. The number of carbonyl (C=O) groups excluding carboxylic acids is 1. The molecular formula is C18H23N5O2. The molecule has 132 valence electrons. The molecule has 0 radical (unpaired) electrons. The van der Waals surface area contributed by atoms with Crippen molar-refractivity contribution in [2.45, 2.75) is 51.3 Å². The molecule has 0 saturated carbocycles. The fraction of sp³-hybridized carbons (Fsp3) is 0.556. The number of ether oxygens (including phenoxy) is 1. The van der Waals surface area contributed by atoms with Crippen LogP contribution in [0.1, 0.15) is 47.7 Å². The van der Waals surface area contributed by atoms with Crippen LogP contribution in [0.4, 0.5) is 0 Å². The largest absolute Gasteiger partial charge is 0.376 e. The van der Waals surface area contributed by atoms with Crippen LogP contribution in [-0.2, 0) is 24.2 Å². The third-order valence-corrected chi connectivity index (χ3v) is 4.91. The molecule has 1 amide bonds. The maximum absolute atomic E-state index is 13.2. The van der Waals surface area contributed by atoms with E-state index in [-0.39, 0.29) is 12.0 Å². The predicted octanol–water partition coefficient (Wildman–Crippen LogP) is 1.83. The van der Waals surface area contributed by atoms with Gasteiger partial charge < -0.3 is 14.2 Å². The van der Waals surface area contributed by atoms with E-state index < -0.39 is 0 Å². The first-order valence-electron chi connectivity index (χ1n) is 9.03. The molecular weight excluding hydrogens is 318 g/mol. The van der Waals surface area contributed by atoms with Crippen LogP contribution in [0.15, 0.2) is 24.5 Å². The maximum atomic E-state index is 13.2. The van der Waals surface area contributed by atoms with Crippen molar-refractivity contribution >= 4 is 5.91 Å². The Hall–Kier alpha value is -2.28. The molecule has 0 N–H and O–H groups in total. The van der Waals surface area contributed by atoms with Gasteiger partial charge in [0, 0.05) is 45.1 Å². The van der Waals surface area contributed by atoms with Crippen LogP contribution in [0.2, 0.25) is 0 Å². The second kappa shape index (κ2) is 7.31. The molecule has 2 aliphatic rings. The topological polar surface area (TPSA) is 73.1 Å². The molecule has 2 aromatic rings. The number of hydrogen-bond donors (Lipinski definition) is 0. The van der Waals surface area contributed by atoms with Gasteiger partial charge in [0.15, 0.2) is 0 Å². The average Bonchev–Trinajstić information content (AvgIpc) is 3.31. The minimum atomic E-state index is -0.0621. The summed E-state index contributed by atoms with van der Waals surface area (Å²) >= 11 is 0. The Bertz CT molecular complexity index is 724. The monoisotopic (exact) mass is 341 g/mol. The number of pyridine rings is 1. The molecule has 7 heteroatoms. The summed E-state index contributed by atoms with van der Waals surface area (Å²) in [4.78, 5) is 19.1. The van der Waals surface area contributed by atoms with Gasteiger partial charge >= 0.3 is 0 Å². The van der Waals surface area contributed by atoms with E-state index in [2.05, 4.69) is 15.2 Å².